The molecule has 10 heteroatoms. The summed E-state index contributed by atoms with van der Waals surface area (Å²) in [6, 6.07) is 9.40. The highest BCUT2D eigenvalue weighted by atomic mass is 19.4. The van der Waals surface area contributed by atoms with Gasteiger partial charge in [-0.3, -0.25) is 0 Å². The van der Waals surface area contributed by atoms with Crippen LogP contribution in [0.2, 0.25) is 0 Å². The molecule has 0 fully saturated rings. The van der Waals surface area contributed by atoms with E-state index in [0.29, 0.717) is 0 Å². The first-order chi connectivity index (χ1) is 11.6. The zero-order chi connectivity index (χ0) is 18.5. The molecule has 0 bridgehead atoms. The van der Waals surface area contributed by atoms with E-state index in [9.17, 15) is 26.3 Å². The van der Waals surface area contributed by atoms with E-state index in [1.807, 2.05) is 0 Å². The normalized spacial score (nSPS) is 11.8. The quantitative estimate of drug-likeness (QED) is 0.537. The molecule has 2 rings (SSSR count). The molecule has 0 radical (unpaired) electrons. The zero-order valence-corrected chi connectivity index (χ0v) is 12.2. The van der Waals surface area contributed by atoms with Crippen molar-refractivity contribution in [3.63, 3.8) is 0 Å². The van der Waals surface area contributed by atoms with Crippen molar-refractivity contribution in [2.75, 3.05) is 6.79 Å². The van der Waals surface area contributed by atoms with Gasteiger partial charge in [-0.2, -0.15) is 0 Å². The van der Waals surface area contributed by atoms with E-state index in [1.54, 1.807) is 0 Å². The number of halogens is 6. The summed E-state index contributed by atoms with van der Waals surface area (Å²) in [5, 5.41) is 0. The summed E-state index contributed by atoms with van der Waals surface area (Å²) in [5.74, 6) is -0.926. The third kappa shape index (κ3) is 7.10. The molecule has 0 heterocycles. The van der Waals surface area contributed by atoms with E-state index >= 15 is 0 Å². The van der Waals surface area contributed by atoms with E-state index in [0.717, 1.165) is 24.3 Å². The molecule has 0 aromatic heterocycles. The number of benzene rings is 2. The number of hydrogen-bond acceptors (Lipinski definition) is 4. The number of alkyl halides is 6. The van der Waals surface area contributed by atoms with Crippen LogP contribution in [0.25, 0.3) is 0 Å². The lowest BCUT2D eigenvalue weighted by Gasteiger charge is -2.12. The Morgan fingerprint density at radius 1 is 0.600 bits per heavy atom. The van der Waals surface area contributed by atoms with Gasteiger partial charge in [0.25, 0.3) is 0 Å². The Morgan fingerprint density at radius 3 is 1.32 bits per heavy atom. The molecule has 0 unspecified atom stereocenters. The van der Waals surface area contributed by atoms with Crippen LogP contribution in [0, 0.1) is 0 Å². The summed E-state index contributed by atoms with van der Waals surface area (Å²) >= 11 is 0. The first kappa shape index (κ1) is 18.6. The number of ether oxygens (including phenoxy) is 4. The maximum absolute atomic E-state index is 12.1. The lowest BCUT2D eigenvalue weighted by molar-refractivity contribution is -0.275. The highest BCUT2D eigenvalue weighted by molar-refractivity contribution is 5.34. The molecule has 0 aliphatic rings. The fraction of sp³-hybridized carbons (Fsp3) is 0.200. The van der Waals surface area contributed by atoms with Crippen molar-refractivity contribution in [2.24, 2.45) is 0 Å². The van der Waals surface area contributed by atoms with E-state index in [4.69, 9.17) is 9.47 Å². The summed E-state index contributed by atoms with van der Waals surface area (Å²) in [6.45, 7) is -0.453. The van der Waals surface area contributed by atoms with Gasteiger partial charge in [-0.1, -0.05) is 12.1 Å². The monoisotopic (exact) mass is 368 g/mol. The Bertz CT molecular complexity index is 639. The number of hydrogen-bond donors (Lipinski definition) is 0. The highest BCUT2D eigenvalue weighted by Gasteiger charge is 2.31. The molecule has 0 saturated heterocycles. The molecule has 0 amide bonds. The smallest absolute Gasteiger partial charge is 0.457 e. The molecule has 0 aliphatic carbocycles. The Morgan fingerprint density at radius 2 is 0.960 bits per heavy atom. The zero-order valence-electron chi connectivity index (χ0n) is 12.2. The molecule has 136 valence electrons. The van der Waals surface area contributed by atoms with Gasteiger partial charge in [0, 0.05) is 12.1 Å². The van der Waals surface area contributed by atoms with Gasteiger partial charge in [0.15, 0.2) is 0 Å². The standard InChI is InChI=1S/C15H10F6O4/c16-14(17,18)24-12-5-1-3-10(7-12)22-9-23-11-4-2-6-13(8-11)25-15(19,20)21/h1-8H,9H2. The van der Waals surface area contributed by atoms with Crippen LogP contribution in [0.5, 0.6) is 23.0 Å². The van der Waals surface area contributed by atoms with Crippen LogP contribution in [-0.4, -0.2) is 19.5 Å². The largest absolute Gasteiger partial charge is 0.573 e. The van der Waals surface area contributed by atoms with Crippen molar-refractivity contribution in [1.29, 1.82) is 0 Å². The van der Waals surface area contributed by atoms with E-state index in [-0.39, 0.29) is 11.5 Å². The molecule has 2 aromatic carbocycles. The second-order valence-electron chi connectivity index (χ2n) is 4.45. The maximum Gasteiger partial charge on any atom is 0.573 e. The highest BCUT2D eigenvalue weighted by Crippen LogP contribution is 2.27. The summed E-state index contributed by atoms with van der Waals surface area (Å²) < 4.78 is 90.3. The van der Waals surface area contributed by atoms with E-state index in [1.165, 1.54) is 24.3 Å². The Labute approximate surface area is 137 Å². The first-order valence-electron chi connectivity index (χ1n) is 6.58. The minimum atomic E-state index is -4.84. The maximum atomic E-state index is 12.1. The van der Waals surface area contributed by atoms with Crippen LogP contribution in [0.1, 0.15) is 0 Å². The van der Waals surface area contributed by atoms with Gasteiger partial charge in [0.05, 0.1) is 0 Å². The fourth-order valence-corrected chi connectivity index (χ4v) is 1.69. The van der Waals surface area contributed by atoms with Gasteiger partial charge in [-0.25, -0.2) is 0 Å². The molecule has 0 N–H and O–H groups in total. The summed E-state index contributed by atoms with van der Waals surface area (Å²) in [7, 11) is 0. The fourth-order valence-electron chi connectivity index (χ4n) is 1.69. The lowest BCUT2D eigenvalue weighted by Crippen LogP contribution is -2.17. The minimum Gasteiger partial charge on any atom is -0.457 e. The van der Waals surface area contributed by atoms with Gasteiger partial charge in [-0.15, -0.1) is 26.3 Å². The molecule has 25 heavy (non-hydrogen) atoms. The van der Waals surface area contributed by atoms with E-state index in [2.05, 4.69) is 9.47 Å². The third-order valence-corrected chi connectivity index (χ3v) is 2.53. The van der Waals surface area contributed by atoms with Gasteiger partial charge in [0.2, 0.25) is 6.79 Å². The van der Waals surface area contributed by atoms with Crippen molar-refractivity contribution in [1.82, 2.24) is 0 Å². The Hall–Kier alpha value is -2.78. The van der Waals surface area contributed by atoms with Crippen molar-refractivity contribution >= 4 is 0 Å². The molecular formula is C15H10F6O4. The van der Waals surface area contributed by atoms with Crippen LogP contribution in [-0.2, 0) is 0 Å². The van der Waals surface area contributed by atoms with Crippen LogP contribution in [0.15, 0.2) is 48.5 Å². The van der Waals surface area contributed by atoms with Crippen LogP contribution < -0.4 is 18.9 Å². The summed E-state index contributed by atoms with van der Waals surface area (Å²) in [4.78, 5) is 0. The molecule has 2 aromatic rings. The predicted octanol–water partition coefficient (Wildman–Crippen LogP) is 4.90. The van der Waals surface area contributed by atoms with E-state index < -0.39 is 31.0 Å². The second kappa shape index (κ2) is 7.41. The average Bonchev–Trinajstić information content (AvgIpc) is 2.44. The van der Waals surface area contributed by atoms with Crippen molar-refractivity contribution in [3.05, 3.63) is 48.5 Å². The molecule has 0 spiro atoms. The van der Waals surface area contributed by atoms with Crippen molar-refractivity contribution < 1.29 is 45.3 Å². The topological polar surface area (TPSA) is 36.9 Å². The molecule has 0 aliphatic heterocycles. The van der Waals surface area contributed by atoms with Gasteiger partial charge in [0.1, 0.15) is 23.0 Å². The SMILES string of the molecule is FC(F)(F)Oc1cccc(OCOc2cccc(OC(F)(F)F)c2)c1. The second-order valence-corrected chi connectivity index (χ2v) is 4.45. The van der Waals surface area contributed by atoms with Gasteiger partial charge >= 0.3 is 12.7 Å². The molecule has 4 nitrogen and oxygen atoms in total. The van der Waals surface area contributed by atoms with Crippen LogP contribution in [0.3, 0.4) is 0 Å². The predicted molar refractivity (Wildman–Crippen MR) is 72.4 cm³/mol. The third-order valence-electron chi connectivity index (χ3n) is 2.53. The average molecular weight is 368 g/mol. The Kier molecular flexibility index (Phi) is 5.50. The Balaban J connectivity index is 1.91. The molecular weight excluding hydrogens is 358 g/mol. The summed E-state index contributed by atoms with van der Waals surface area (Å²) in [6.07, 6.45) is -9.68. The van der Waals surface area contributed by atoms with Crippen LogP contribution >= 0.6 is 0 Å². The minimum absolute atomic E-state index is 0.0180. The summed E-state index contributed by atoms with van der Waals surface area (Å²) in [5.41, 5.74) is 0. The van der Waals surface area contributed by atoms with Crippen molar-refractivity contribution in [3.8, 4) is 23.0 Å². The lowest BCUT2D eigenvalue weighted by atomic mass is 10.3. The molecule has 0 atom stereocenters. The number of rotatable bonds is 6. The van der Waals surface area contributed by atoms with Gasteiger partial charge < -0.3 is 18.9 Å². The first-order valence-corrected chi connectivity index (χ1v) is 6.58. The van der Waals surface area contributed by atoms with Crippen LogP contribution in [0.4, 0.5) is 26.3 Å². The van der Waals surface area contributed by atoms with Crippen molar-refractivity contribution in [2.45, 2.75) is 12.7 Å². The molecule has 0 saturated carbocycles. The van der Waals surface area contributed by atoms with Gasteiger partial charge in [-0.05, 0) is 24.3 Å².